The zero-order valence-electron chi connectivity index (χ0n) is 16.8. The smallest absolute Gasteiger partial charge is 0.224 e. The molecule has 2 aromatic heterocycles. The number of fused-ring (bicyclic) bond motifs is 1. The third-order valence-corrected chi connectivity index (χ3v) is 5.00. The van der Waals surface area contributed by atoms with E-state index >= 15 is 0 Å². The first-order valence-corrected chi connectivity index (χ1v) is 9.94. The molecule has 0 aliphatic heterocycles. The zero-order valence-corrected chi connectivity index (χ0v) is 16.8. The molecule has 6 nitrogen and oxygen atoms in total. The Balaban J connectivity index is 1.71. The monoisotopic (exact) mass is 387 g/mol. The minimum absolute atomic E-state index is 0.0120. The van der Waals surface area contributed by atoms with Crippen LogP contribution in [0.4, 0.5) is 5.69 Å². The Morgan fingerprint density at radius 3 is 2.62 bits per heavy atom. The van der Waals surface area contributed by atoms with Gasteiger partial charge in [-0.25, -0.2) is 4.98 Å². The number of carbonyl (C=O) groups is 1. The van der Waals surface area contributed by atoms with E-state index in [9.17, 15) is 4.79 Å². The number of rotatable bonds is 7. The van der Waals surface area contributed by atoms with Gasteiger partial charge in [0, 0.05) is 31.5 Å². The van der Waals surface area contributed by atoms with Crippen molar-refractivity contribution in [3.8, 4) is 0 Å². The van der Waals surface area contributed by atoms with E-state index in [-0.39, 0.29) is 5.91 Å². The predicted octanol–water partition coefficient (Wildman–Crippen LogP) is 4.24. The fourth-order valence-electron chi connectivity index (χ4n) is 3.62. The molecule has 0 spiro atoms. The standard InChI is InChI=1S/C23H25N5O/c1-3-13-27-22-11-10-20(28(18(2)29)16-19-8-5-4-6-9-19)15-21(22)25-23(27)17-26-14-7-12-24-26/h4-12,14-15H,3,13,16-17H2,1-2H3. The molecular weight excluding hydrogens is 362 g/mol. The molecule has 0 saturated heterocycles. The number of benzene rings is 2. The Hall–Kier alpha value is -3.41. The topological polar surface area (TPSA) is 56.0 Å². The number of aromatic nitrogens is 4. The van der Waals surface area contributed by atoms with Crippen molar-refractivity contribution in [2.75, 3.05) is 4.90 Å². The van der Waals surface area contributed by atoms with Crippen LogP contribution in [0.2, 0.25) is 0 Å². The number of carbonyl (C=O) groups excluding carboxylic acids is 1. The van der Waals surface area contributed by atoms with Crippen LogP contribution in [0.5, 0.6) is 0 Å². The van der Waals surface area contributed by atoms with Crippen molar-refractivity contribution >= 4 is 22.6 Å². The van der Waals surface area contributed by atoms with E-state index in [1.807, 2.05) is 59.4 Å². The summed E-state index contributed by atoms with van der Waals surface area (Å²) >= 11 is 0. The zero-order chi connectivity index (χ0) is 20.2. The second kappa shape index (κ2) is 8.31. The SMILES string of the molecule is CCCn1c(Cn2cccn2)nc2cc(N(Cc3ccccc3)C(C)=O)ccc21. The molecule has 1 amide bonds. The van der Waals surface area contributed by atoms with E-state index in [0.29, 0.717) is 13.1 Å². The summed E-state index contributed by atoms with van der Waals surface area (Å²) in [7, 11) is 0. The highest BCUT2D eigenvalue weighted by Gasteiger charge is 2.16. The van der Waals surface area contributed by atoms with Gasteiger partial charge in [0.05, 0.1) is 24.1 Å². The van der Waals surface area contributed by atoms with E-state index in [1.165, 1.54) is 0 Å². The van der Waals surface area contributed by atoms with Crippen molar-refractivity contribution in [1.82, 2.24) is 19.3 Å². The first-order chi connectivity index (χ1) is 14.2. The fourth-order valence-corrected chi connectivity index (χ4v) is 3.62. The van der Waals surface area contributed by atoms with E-state index in [1.54, 1.807) is 18.0 Å². The third kappa shape index (κ3) is 4.06. The van der Waals surface area contributed by atoms with Gasteiger partial charge < -0.3 is 9.47 Å². The van der Waals surface area contributed by atoms with Crippen LogP contribution in [-0.4, -0.2) is 25.2 Å². The summed E-state index contributed by atoms with van der Waals surface area (Å²) in [5, 5.41) is 4.31. The Labute approximate surface area is 170 Å². The molecule has 0 bridgehead atoms. The molecule has 0 N–H and O–H groups in total. The van der Waals surface area contributed by atoms with Gasteiger partial charge in [0.1, 0.15) is 5.82 Å². The summed E-state index contributed by atoms with van der Waals surface area (Å²) < 4.78 is 4.13. The minimum Gasteiger partial charge on any atom is -0.326 e. The second-order valence-electron chi connectivity index (χ2n) is 7.15. The largest absolute Gasteiger partial charge is 0.326 e. The molecule has 0 unspecified atom stereocenters. The van der Waals surface area contributed by atoms with Crippen LogP contribution < -0.4 is 4.90 Å². The Morgan fingerprint density at radius 1 is 1.10 bits per heavy atom. The van der Waals surface area contributed by atoms with Crippen LogP contribution in [0.1, 0.15) is 31.7 Å². The van der Waals surface area contributed by atoms with Crippen molar-refractivity contribution in [1.29, 1.82) is 0 Å². The first-order valence-electron chi connectivity index (χ1n) is 9.94. The minimum atomic E-state index is 0.0120. The lowest BCUT2D eigenvalue weighted by atomic mass is 10.2. The van der Waals surface area contributed by atoms with Crippen LogP contribution in [0, 0.1) is 0 Å². The molecular formula is C23H25N5O. The summed E-state index contributed by atoms with van der Waals surface area (Å²) in [6.07, 6.45) is 4.74. The lowest BCUT2D eigenvalue weighted by molar-refractivity contribution is -0.116. The summed E-state index contributed by atoms with van der Waals surface area (Å²) in [5.41, 5.74) is 3.94. The van der Waals surface area contributed by atoms with Crippen LogP contribution in [0.25, 0.3) is 11.0 Å². The quantitative estimate of drug-likeness (QED) is 0.476. The molecule has 2 aromatic carbocycles. The van der Waals surface area contributed by atoms with Crippen molar-refractivity contribution in [2.45, 2.75) is 39.9 Å². The third-order valence-electron chi connectivity index (χ3n) is 5.00. The predicted molar refractivity (Wildman–Crippen MR) is 115 cm³/mol. The number of aryl methyl sites for hydroxylation is 1. The van der Waals surface area contributed by atoms with Gasteiger partial charge in [-0.05, 0) is 36.2 Å². The summed E-state index contributed by atoms with van der Waals surface area (Å²) in [6.45, 7) is 5.82. The van der Waals surface area contributed by atoms with Crippen molar-refractivity contribution < 1.29 is 4.79 Å². The van der Waals surface area contributed by atoms with E-state index in [4.69, 9.17) is 4.98 Å². The van der Waals surface area contributed by atoms with E-state index < -0.39 is 0 Å². The first kappa shape index (κ1) is 18.9. The number of hydrogen-bond acceptors (Lipinski definition) is 3. The van der Waals surface area contributed by atoms with Crippen LogP contribution >= 0.6 is 0 Å². The molecule has 2 heterocycles. The normalized spacial score (nSPS) is 11.1. The summed E-state index contributed by atoms with van der Waals surface area (Å²) in [5.74, 6) is 0.984. The van der Waals surface area contributed by atoms with Crippen LogP contribution in [-0.2, 0) is 24.4 Å². The Bertz CT molecular complexity index is 1100. The maximum atomic E-state index is 12.4. The molecule has 0 fully saturated rings. The number of hydrogen-bond donors (Lipinski definition) is 0. The Morgan fingerprint density at radius 2 is 1.93 bits per heavy atom. The molecule has 0 aliphatic rings. The van der Waals surface area contributed by atoms with Gasteiger partial charge in [0.15, 0.2) is 0 Å². The van der Waals surface area contributed by atoms with Gasteiger partial charge in [0.25, 0.3) is 0 Å². The average molecular weight is 387 g/mol. The number of amides is 1. The average Bonchev–Trinajstić information content (AvgIpc) is 3.35. The van der Waals surface area contributed by atoms with Gasteiger partial charge in [-0.1, -0.05) is 37.3 Å². The number of nitrogens with zero attached hydrogens (tertiary/aromatic N) is 5. The summed E-state index contributed by atoms with van der Waals surface area (Å²) in [4.78, 5) is 19.0. The highest BCUT2D eigenvalue weighted by Crippen LogP contribution is 2.25. The highest BCUT2D eigenvalue weighted by atomic mass is 16.2. The molecule has 0 radical (unpaired) electrons. The van der Waals surface area contributed by atoms with E-state index in [0.717, 1.165) is 41.1 Å². The number of anilines is 1. The molecule has 4 rings (SSSR count). The molecule has 0 saturated carbocycles. The number of imidazole rings is 1. The lowest BCUT2D eigenvalue weighted by Gasteiger charge is -2.21. The molecule has 0 atom stereocenters. The molecule has 148 valence electrons. The molecule has 0 aliphatic carbocycles. The van der Waals surface area contributed by atoms with Crippen LogP contribution in [0.15, 0.2) is 67.0 Å². The lowest BCUT2D eigenvalue weighted by Crippen LogP contribution is -2.27. The van der Waals surface area contributed by atoms with Crippen molar-refractivity contribution in [2.24, 2.45) is 0 Å². The van der Waals surface area contributed by atoms with Gasteiger partial charge >= 0.3 is 0 Å². The highest BCUT2D eigenvalue weighted by molar-refractivity contribution is 5.93. The van der Waals surface area contributed by atoms with Crippen molar-refractivity contribution in [3.63, 3.8) is 0 Å². The summed E-state index contributed by atoms with van der Waals surface area (Å²) in [6, 6.07) is 18.0. The molecule has 4 aromatic rings. The van der Waals surface area contributed by atoms with E-state index in [2.05, 4.69) is 22.7 Å². The Kier molecular flexibility index (Phi) is 5.42. The van der Waals surface area contributed by atoms with Gasteiger partial charge in [0.2, 0.25) is 5.91 Å². The van der Waals surface area contributed by atoms with Gasteiger partial charge in [-0.2, -0.15) is 5.10 Å². The van der Waals surface area contributed by atoms with Gasteiger partial charge in [-0.15, -0.1) is 0 Å². The maximum Gasteiger partial charge on any atom is 0.224 e. The van der Waals surface area contributed by atoms with Gasteiger partial charge in [-0.3, -0.25) is 9.48 Å². The van der Waals surface area contributed by atoms with Crippen LogP contribution in [0.3, 0.4) is 0 Å². The molecule has 6 heteroatoms. The molecule has 29 heavy (non-hydrogen) atoms. The maximum absolute atomic E-state index is 12.4. The second-order valence-corrected chi connectivity index (χ2v) is 7.15. The fraction of sp³-hybridized carbons (Fsp3) is 0.261. The van der Waals surface area contributed by atoms with Crippen molar-refractivity contribution in [3.05, 3.63) is 78.4 Å².